The van der Waals surface area contributed by atoms with Crippen LogP contribution in [0.2, 0.25) is 5.02 Å². The lowest BCUT2D eigenvalue weighted by atomic mass is 10.0. The van der Waals surface area contributed by atoms with Crippen molar-refractivity contribution in [3.05, 3.63) is 34.9 Å². The van der Waals surface area contributed by atoms with Crippen molar-refractivity contribution in [3.8, 4) is 0 Å². The lowest BCUT2D eigenvalue weighted by Gasteiger charge is -2.22. The van der Waals surface area contributed by atoms with Crippen LogP contribution < -0.4 is 10.6 Å². The predicted octanol–water partition coefficient (Wildman–Crippen LogP) is 2.52. The molecule has 2 rings (SSSR count). The fourth-order valence-electron chi connectivity index (χ4n) is 2.03. The second-order valence-corrected chi connectivity index (χ2v) is 4.79. The summed E-state index contributed by atoms with van der Waals surface area (Å²) in [4.78, 5) is 11.8. The van der Waals surface area contributed by atoms with Crippen molar-refractivity contribution in [3.63, 3.8) is 0 Å². The molecule has 0 radical (unpaired) electrons. The molecule has 0 saturated carbocycles. The smallest absolute Gasteiger partial charge is 0.237 e. The summed E-state index contributed by atoms with van der Waals surface area (Å²) < 4.78 is 0. The fourth-order valence-corrected chi connectivity index (χ4v) is 2.25. The number of benzene rings is 1. The summed E-state index contributed by atoms with van der Waals surface area (Å²) in [5.41, 5.74) is 1.03. The Kier molecular flexibility index (Phi) is 6.47. The third-order valence-electron chi connectivity index (χ3n) is 2.98. The molecule has 1 aromatic rings. The van der Waals surface area contributed by atoms with Crippen molar-refractivity contribution < 1.29 is 4.79 Å². The minimum atomic E-state index is -0.0251. The van der Waals surface area contributed by atoms with Gasteiger partial charge >= 0.3 is 0 Å². The molecule has 1 heterocycles. The Morgan fingerprint density at radius 3 is 2.94 bits per heavy atom. The molecule has 0 spiro atoms. The summed E-state index contributed by atoms with van der Waals surface area (Å²) in [5, 5.41) is 6.87. The van der Waals surface area contributed by atoms with Gasteiger partial charge in [0.15, 0.2) is 0 Å². The van der Waals surface area contributed by atoms with E-state index >= 15 is 0 Å². The van der Waals surface area contributed by atoms with Crippen LogP contribution in [0.1, 0.15) is 24.8 Å². The molecule has 3 nitrogen and oxygen atoms in total. The molecular formula is C13H18Cl2N2O. The Hall–Kier alpha value is -0.770. The maximum absolute atomic E-state index is 11.8. The number of amides is 1. The SMILES string of the molecule is Cl.O=C(NCc1cccc(Cl)c1)C1CCCCN1. The zero-order chi connectivity index (χ0) is 12.1. The number of piperidine rings is 1. The highest BCUT2D eigenvalue weighted by Crippen LogP contribution is 2.11. The van der Waals surface area contributed by atoms with E-state index in [1.54, 1.807) is 0 Å². The predicted molar refractivity (Wildman–Crippen MR) is 76.2 cm³/mol. The Balaban J connectivity index is 0.00000162. The van der Waals surface area contributed by atoms with E-state index in [1.807, 2.05) is 24.3 Å². The van der Waals surface area contributed by atoms with E-state index in [0.29, 0.717) is 11.6 Å². The van der Waals surface area contributed by atoms with Crippen LogP contribution in [0.3, 0.4) is 0 Å². The van der Waals surface area contributed by atoms with Gasteiger partial charge in [-0.2, -0.15) is 0 Å². The first-order valence-electron chi connectivity index (χ1n) is 6.01. The molecule has 1 fully saturated rings. The summed E-state index contributed by atoms with van der Waals surface area (Å²) in [6.45, 7) is 1.48. The van der Waals surface area contributed by atoms with E-state index in [4.69, 9.17) is 11.6 Å². The molecule has 18 heavy (non-hydrogen) atoms. The summed E-state index contributed by atoms with van der Waals surface area (Å²) in [6.07, 6.45) is 3.22. The van der Waals surface area contributed by atoms with Crippen molar-refractivity contribution in [2.75, 3.05) is 6.54 Å². The first kappa shape index (κ1) is 15.3. The zero-order valence-electron chi connectivity index (χ0n) is 10.1. The molecule has 0 aliphatic carbocycles. The first-order valence-corrected chi connectivity index (χ1v) is 6.39. The van der Waals surface area contributed by atoms with Crippen LogP contribution in [0.25, 0.3) is 0 Å². The highest BCUT2D eigenvalue weighted by Gasteiger charge is 2.19. The van der Waals surface area contributed by atoms with Crippen molar-refractivity contribution in [1.29, 1.82) is 0 Å². The van der Waals surface area contributed by atoms with Gasteiger partial charge in [0.1, 0.15) is 0 Å². The Labute approximate surface area is 119 Å². The van der Waals surface area contributed by atoms with Gasteiger partial charge in [0.05, 0.1) is 6.04 Å². The van der Waals surface area contributed by atoms with Crippen LogP contribution in [-0.4, -0.2) is 18.5 Å². The van der Waals surface area contributed by atoms with E-state index in [-0.39, 0.29) is 24.4 Å². The molecule has 1 aromatic carbocycles. The molecule has 1 aliphatic rings. The van der Waals surface area contributed by atoms with Crippen LogP contribution in [-0.2, 0) is 11.3 Å². The minimum absolute atomic E-state index is 0. The zero-order valence-corrected chi connectivity index (χ0v) is 11.7. The normalized spacial score (nSPS) is 18.8. The van der Waals surface area contributed by atoms with Crippen LogP contribution >= 0.6 is 24.0 Å². The van der Waals surface area contributed by atoms with Crippen LogP contribution in [0.15, 0.2) is 24.3 Å². The molecule has 1 amide bonds. The maximum Gasteiger partial charge on any atom is 0.237 e. The summed E-state index contributed by atoms with van der Waals surface area (Å²) in [7, 11) is 0. The van der Waals surface area contributed by atoms with E-state index in [1.165, 1.54) is 0 Å². The lowest BCUT2D eigenvalue weighted by Crippen LogP contribution is -2.46. The molecule has 5 heteroatoms. The van der Waals surface area contributed by atoms with Crippen LogP contribution in [0, 0.1) is 0 Å². The molecule has 100 valence electrons. The highest BCUT2D eigenvalue weighted by atomic mass is 35.5. The minimum Gasteiger partial charge on any atom is -0.351 e. The van der Waals surface area contributed by atoms with Gasteiger partial charge in [0.2, 0.25) is 5.91 Å². The van der Waals surface area contributed by atoms with E-state index in [9.17, 15) is 4.79 Å². The lowest BCUT2D eigenvalue weighted by molar-refractivity contribution is -0.123. The molecular weight excluding hydrogens is 271 g/mol. The maximum atomic E-state index is 11.8. The Morgan fingerprint density at radius 1 is 1.44 bits per heavy atom. The Morgan fingerprint density at radius 2 is 2.28 bits per heavy atom. The molecule has 1 aliphatic heterocycles. The largest absolute Gasteiger partial charge is 0.351 e. The monoisotopic (exact) mass is 288 g/mol. The molecule has 0 aromatic heterocycles. The topological polar surface area (TPSA) is 41.1 Å². The van der Waals surface area contributed by atoms with Gasteiger partial charge in [-0.05, 0) is 37.1 Å². The molecule has 0 bridgehead atoms. The van der Waals surface area contributed by atoms with Gasteiger partial charge in [0.25, 0.3) is 0 Å². The quantitative estimate of drug-likeness (QED) is 0.897. The van der Waals surface area contributed by atoms with Gasteiger partial charge in [0, 0.05) is 11.6 Å². The summed E-state index contributed by atoms with van der Waals surface area (Å²) >= 11 is 5.88. The average Bonchev–Trinajstić information content (AvgIpc) is 2.37. The molecule has 1 atom stereocenters. The summed E-state index contributed by atoms with van der Waals surface area (Å²) in [6, 6.07) is 7.53. The van der Waals surface area contributed by atoms with Crippen LogP contribution in [0.4, 0.5) is 0 Å². The number of rotatable bonds is 3. The van der Waals surface area contributed by atoms with E-state index < -0.39 is 0 Å². The molecule has 1 unspecified atom stereocenters. The molecule has 1 saturated heterocycles. The standard InChI is InChI=1S/C13H17ClN2O.ClH/c14-11-5-3-4-10(8-11)9-16-13(17)12-6-1-2-7-15-12;/h3-5,8,12,15H,1-2,6-7,9H2,(H,16,17);1H. The number of halogens is 2. The summed E-state index contributed by atoms with van der Waals surface area (Å²) in [5.74, 6) is 0.0877. The van der Waals surface area contributed by atoms with Gasteiger partial charge in [-0.1, -0.05) is 30.2 Å². The first-order chi connectivity index (χ1) is 8.25. The number of hydrogen-bond acceptors (Lipinski definition) is 2. The van der Waals surface area contributed by atoms with Gasteiger partial charge < -0.3 is 10.6 Å². The number of hydrogen-bond donors (Lipinski definition) is 2. The third kappa shape index (κ3) is 4.48. The molecule has 2 N–H and O–H groups in total. The van der Waals surface area contributed by atoms with E-state index in [2.05, 4.69) is 10.6 Å². The highest BCUT2D eigenvalue weighted by molar-refractivity contribution is 6.30. The number of carbonyl (C=O) groups excluding carboxylic acids is 1. The van der Waals surface area contributed by atoms with Gasteiger partial charge in [-0.3, -0.25) is 4.79 Å². The van der Waals surface area contributed by atoms with Crippen molar-refractivity contribution in [2.45, 2.75) is 31.8 Å². The van der Waals surface area contributed by atoms with Gasteiger partial charge in [-0.15, -0.1) is 12.4 Å². The second-order valence-electron chi connectivity index (χ2n) is 4.35. The van der Waals surface area contributed by atoms with Crippen molar-refractivity contribution >= 4 is 29.9 Å². The average molecular weight is 289 g/mol. The fraction of sp³-hybridized carbons (Fsp3) is 0.462. The van der Waals surface area contributed by atoms with E-state index in [0.717, 1.165) is 31.4 Å². The number of nitrogens with one attached hydrogen (secondary N) is 2. The van der Waals surface area contributed by atoms with Crippen molar-refractivity contribution in [2.24, 2.45) is 0 Å². The third-order valence-corrected chi connectivity index (χ3v) is 3.22. The second kappa shape index (κ2) is 7.62. The van der Waals surface area contributed by atoms with Gasteiger partial charge in [-0.25, -0.2) is 0 Å². The van der Waals surface area contributed by atoms with Crippen molar-refractivity contribution in [1.82, 2.24) is 10.6 Å². The number of carbonyl (C=O) groups is 1. The Bertz CT molecular complexity index is 392. The van der Waals surface area contributed by atoms with Crippen LogP contribution in [0.5, 0.6) is 0 Å².